The molecule has 0 radical (unpaired) electrons. The third-order valence-electron chi connectivity index (χ3n) is 2.87. The molecule has 19 heavy (non-hydrogen) atoms. The lowest BCUT2D eigenvalue weighted by Crippen LogP contribution is -2.25. The van der Waals surface area contributed by atoms with E-state index >= 15 is 0 Å². The Kier molecular flexibility index (Phi) is 6.67. The first-order chi connectivity index (χ1) is 9.11. The van der Waals surface area contributed by atoms with Gasteiger partial charge >= 0.3 is 0 Å². The van der Waals surface area contributed by atoms with Gasteiger partial charge in [0.1, 0.15) is 0 Å². The van der Waals surface area contributed by atoms with E-state index in [-0.39, 0.29) is 12.3 Å². The maximum absolute atomic E-state index is 11.3. The molecule has 0 atom stereocenters. The highest BCUT2D eigenvalue weighted by Gasteiger charge is 2.01. The van der Waals surface area contributed by atoms with Gasteiger partial charge in [0.25, 0.3) is 0 Å². The van der Waals surface area contributed by atoms with E-state index in [2.05, 4.69) is 43.4 Å². The lowest BCUT2D eigenvalue weighted by molar-refractivity contribution is -0.120. The van der Waals surface area contributed by atoms with E-state index in [1.165, 1.54) is 11.1 Å². The average molecular weight is 258 g/mol. The topological polar surface area (TPSA) is 52.9 Å². The summed E-state index contributed by atoms with van der Waals surface area (Å²) >= 11 is 0. The van der Waals surface area contributed by atoms with Crippen LogP contribution in [-0.4, -0.2) is 12.5 Å². The first kappa shape index (κ1) is 15.2. The van der Waals surface area contributed by atoms with Crippen molar-refractivity contribution in [1.29, 1.82) is 5.26 Å². The van der Waals surface area contributed by atoms with Crippen LogP contribution in [0.4, 0.5) is 0 Å². The van der Waals surface area contributed by atoms with Gasteiger partial charge in [0.15, 0.2) is 0 Å². The first-order valence-electron chi connectivity index (χ1n) is 6.83. The van der Waals surface area contributed by atoms with Crippen molar-refractivity contribution in [3.05, 3.63) is 35.4 Å². The highest BCUT2D eigenvalue weighted by Crippen LogP contribution is 2.10. The van der Waals surface area contributed by atoms with Crippen molar-refractivity contribution in [2.24, 2.45) is 5.92 Å². The van der Waals surface area contributed by atoms with Crippen LogP contribution in [0.15, 0.2) is 24.3 Å². The van der Waals surface area contributed by atoms with Crippen LogP contribution in [0.2, 0.25) is 0 Å². The van der Waals surface area contributed by atoms with Gasteiger partial charge in [-0.3, -0.25) is 4.79 Å². The molecule has 0 saturated carbocycles. The lowest BCUT2D eigenvalue weighted by atomic mass is 10.0. The summed E-state index contributed by atoms with van der Waals surface area (Å²) in [6, 6.07) is 10.5. The van der Waals surface area contributed by atoms with Crippen LogP contribution in [0.1, 0.15) is 37.8 Å². The Balaban J connectivity index is 2.30. The lowest BCUT2D eigenvalue weighted by Gasteiger charge is -2.07. The fourth-order valence-corrected chi connectivity index (χ4v) is 1.92. The third kappa shape index (κ3) is 6.61. The van der Waals surface area contributed by atoms with Crippen molar-refractivity contribution in [3.63, 3.8) is 0 Å². The second-order valence-electron chi connectivity index (χ2n) is 5.17. The van der Waals surface area contributed by atoms with Crippen molar-refractivity contribution in [2.75, 3.05) is 6.54 Å². The molecule has 0 aromatic heterocycles. The molecule has 102 valence electrons. The Labute approximate surface area is 115 Å². The van der Waals surface area contributed by atoms with Crippen molar-refractivity contribution < 1.29 is 4.79 Å². The molecule has 3 heteroatoms. The maximum Gasteiger partial charge on any atom is 0.221 e. The molecule has 1 N–H and O–H groups in total. The number of hydrogen-bond donors (Lipinski definition) is 1. The van der Waals surface area contributed by atoms with E-state index < -0.39 is 0 Å². The van der Waals surface area contributed by atoms with Gasteiger partial charge in [-0.25, -0.2) is 0 Å². The normalized spacial score (nSPS) is 10.2. The number of rotatable bonds is 7. The molecule has 0 fully saturated rings. The largest absolute Gasteiger partial charge is 0.356 e. The Morgan fingerprint density at radius 3 is 2.47 bits per heavy atom. The molecule has 0 aliphatic carbocycles. The Hall–Kier alpha value is -1.82. The van der Waals surface area contributed by atoms with Crippen LogP contribution in [0.5, 0.6) is 0 Å². The van der Waals surface area contributed by atoms with Gasteiger partial charge in [-0.1, -0.05) is 38.1 Å². The first-order valence-corrected chi connectivity index (χ1v) is 6.83. The third-order valence-corrected chi connectivity index (χ3v) is 2.87. The zero-order chi connectivity index (χ0) is 14.1. The molecular weight excluding hydrogens is 236 g/mol. The molecular formula is C16H22N2O. The van der Waals surface area contributed by atoms with Crippen LogP contribution in [0.3, 0.4) is 0 Å². The molecule has 0 aliphatic heterocycles. The van der Waals surface area contributed by atoms with Crippen LogP contribution < -0.4 is 5.32 Å². The predicted molar refractivity (Wildman–Crippen MR) is 76.5 cm³/mol. The average Bonchev–Trinajstić information content (AvgIpc) is 2.38. The number of benzene rings is 1. The summed E-state index contributed by atoms with van der Waals surface area (Å²) < 4.78 is 0. The second kappa shape index (κ2) is 8.31. The maximum atomic E-state index is 11.3. The predicted octanol–water partition coefficient (Wildman–Crippen LogP) is 2.85. The zero-order valence-corrected chi connectivity index (χ0v) is 11.8. The summed E-state index contributed by atoms with van der Waals surface area (Å²) in [5.74, 6) is 0.628. The minimum absolute atomic E-state index is 0.0435. The fourth-order valence-electron chi connectivity index (χ4n) is 1.92. The fraction of sp³-hybridized carbons (Fsp3) is 0.500. The number of hydrogen-bond acceptors (Lipinski definition) is 2. The summed E-state index contributed by atoms with van der Waals surface area (Å²) in [5, 5.41) is 11.2. The van der Waals surface area contributed by atoms with Crippen molar-refractivity contribution >= 4 is 5.91 Å². The summed E-state index contributed by atoms with van der Waals surface area (Å²) in [7, 11) is 0. The van der Waals surface area contributed by atoms with Gasteiger partial charge in [-0.2, -0.15) is 5.26 Å². The Bertz CT molecular complexity index is 429. The van der Waals surface area contributed by atoms with E-state index in [9.17, 15) is 4.79 Å². The molecule has 1 amide bonds. The van der Waals surface area contributed by atoms with E-state index in [1.807, 2.05) is 6.07 Å². The number of nitriles is 1. The van der Waals surface area contributed by atoms with Crippen LogP contribution in [-0.2, 0) is 17.6 Å². The van der Waals surface area contributed by atoms with Gasteiger partial charge in [0.05, 0.1) is 6.07 Å². The molecule has 0 spiro atoms. The molecule has 1 aromatic carbocycles. The molecule has 0 heterocycles. The van der Waals surface area contributed by atoms with Gasteiger partial charge in [0.2, 0.25) is 5.91 Å². The van der Waals surface area contributed by atoms with Gasteiger partial charge in [-0.05, 0) is 29.9 Å². The molecule has 0 aliphatic rings. The van der Waals surface area contributed by atoms with E-state index in [4.69, 9.17) is 5.26 Å². The standard InChI is InChI=1S/C16H22N2O/c1-13(2)12-15-7-5-14(6-8-15)9-11-18-16(19)4-3-10-17/h5-8,13H,3-4,9,11-12H2,1-2H3,(H,18,19). The summed E-state index contributed by atoms with van der Waals surface area (Å²) in [4.78, 5) is 11.3. The number of nitrogens with zero attached hydrogens (tertiary/aromatic N) is 1. The zero-order valence-electron chi connectivity index (χ0n) is 11.8. The van der Waals surface area contributed by atoms with Crippen LogP contribution in [0.25, 0.3) is 0 Å². The monoisotopic (exact) mass is 258 g/mol. The summed E-state index contributed by atoms with van der Waals surface area (Å²) in [6.45, 7) is 5.06. The van der Waals surface area contributed by atoms with Gasteiger partial charge < -0.3 is 5.32 Å². The van der Waals surface area contributed by atoms with Crippen LogP contribution >= 0.6 is 0 Å². The molecule has 0 saturated heterocycles. The highest BCUT2D eigenvalue weighted by atomic mass is 16.1. The van der Waals surface area contributed by atoms with Crippen molar-refractivity contribution in [2.45, 2.75) is 39.5 Å². The molecule has 0 bridgehead atoms. The van der Waals surface area contributed by atoms with E-state index in [0.29, 0.717) is 18.9 Å². The van der Waals surface area contributed by atoms with Crippen LogP contribution in [0, 0.1) is 17.2 Å². The molecule has 1 aromatic rings. The number of nitrogens with one attached hydrogen (secondary N) is 1. The number of carbonyl (C=O) groups excluding carboxylic acids is 1. The number of carbonyl (C=O) groups is 1. The minimum Gasteiger partial charge on any atom is -0.356 e. The minimum atomic E-state index is -0.0435. The van der Waals surface area contributed by atoms with E-state index in [0.717, 1.165) is 12.8 Å². The van der Waals surface area contributed by atoms with Crippen molar-refractivity contribution in [1.82, 2.24) is 5.32 Å². The quantitative estimate of drug-likeness (QED) is 0.817. The molecule has 0 unspecified atom stereocenters. The summed E-state index contributed by atoms with van der Waals surface area (Å²) in [6.07, 6.45) is 2.52. The SMILES string of the molecule is CC(C)Cc1ccc(CCNC(=O)CCC#N)cc1. The van der Waals surface area contributed by atoms with Gasteiger partial charge in [-0.15, -0.1) is 0 Å². The Morgan fingerprint density at radius 2 is 1.89 bits per heavy atom. The second-order valence-corrected chi connectivity index (χ2v) is 5.17. The van der Waals surface area contributed by atoms with E-state index in [1.54, 1.807) is 0 Å². The molecule has 3 nitrogen and oxygen atoms in total. The van der Waals surface area contributed by atoms with Crippen molar-refractivity contribution in [3.8, 4) is 6.07 Å². The summed E-state index contributed by atoms with van der Waals surface area (Å²) in [5.41, 5.74) is 2.59. The smallest absolute Gasteiger partial charge is 0.221 e. The highest BCUT2D eigenvalue weighted by molar-refractivity contribution is 5.76. The van der Waals surface area contributed by atoms with Gasteiger partial charge in [0, 0.05) is 19.4 Å². The Morgan fingerprint density at radius 1 is 1.26 bits per heavy atom. The molecule has 1 rings (SSSR count). The number of amides is 1.